The molecule has 4 nitrogen and oxygen atoms in total. The first-order chi connectivity index (χ1) is 8.66. The molecule has 0 bridgehead atoms. The van der Waals surface area contributed by atoms with Gasteiger partial charge in [0.15, 0.2) is 0 Å². The molecule has 4 heteroatoms. The van der Waals surface area contributed by atoms with Crippen LogP contribution in [0.4, 0.5) is 0 Å². The molecule has 18 heavy (non-hydrogen) atoms. The molecule has 1 unspecified atom stereocenters. The monoisotopic (exact) mass is 243 g/mol. The van der Waals surface area contributed by atoms with Crippen molar-refractivity contribution < 1.29 is 4.74 Å². The highest BCUT2D eigenvalue weighted by molar-refractivity contribution is 5.33. The van der Waals surface area contributed by atoms with Crippen molar-refractivity contribution in [1.29, 1.82) is 0 Å². The smallest absolute Gasteiger partial charge is 0.119 e. The number of nitrogens with two attached hydrogens (primary N) is 1. The highest BCUT2D eigenvalue weighted by atomic mass is 16.5. The predicted octanol–water partition coefficient (Wildman–Crippen LogP) is 2.31. The Balaban J connectivity index is 2.14. The molecule has 1 aromatic heterocycles. The Kier molecular flexibility index (Phi) is 3.89. The molecule has 0 saturated heterocycles. The number of nitrogens with zero attached hydrogens (tertiary/aromatic N) is 2. The molecule has 0 aliphatic carbocycles. The molecule has 1 aromatic carbocycles. The van der Waals surface area contributed by atoms with Crippen LogP contribution in [-0.2, 0) is 0 Å². The van der Waals surface area contributed by atoms with Gasteiger partial charge in [-0.25, -0.2) is 9.97 Å². The summed E-state index contributed by atoms with van der Waals surface area (Å²) in [5, 5.41) is 0. The minimum absolute atomic E-state index is 0.173. The molecule has 0 radical (unpaired) electrons. The third-order valence-electron chi connectivity index (χ3n) is 2.55. The standard InChI is InChI=1S/C14H17N3O/c1-10(2)18-13-5-3-11(4-6-13)14(15)12-7-16-9-17-8-12/h3-10,14H,15H2,1-2H3. The predicted molar refractivity (Wildman–Crippen MR) is 70.3 cm³/mol. The van der Waals surface area contributed by atoms with Crippen LogP contribution in [0.15, 0.2) is 43.0 Å². The van der Waals surface area contributed by atoms with Gasteiger partial charge in [0, 0.05) is 18.0 Å². The van der Waals surface area contributed by atoms with Crippen LogP contribution in [0.5, 0.6) is 5.75 Å². The summed E-state index contributed by atoms with van der Waals surface area (Å²) in [5.74, 6) is 0.852. The summed E-state index contributed by atoms with van der Waals surface area (Å²) in [6.07, 6.45) is 5.13. The second-order valence-corrected chi connectivity index (χ2v) is 4.39. The van der Waals surface area contributed by atoms with Crippen molar-refractivity contribution in [2.45, 2.75) is 26.0 Å². The van der Waals surface area contributed by atoms with Crippen molar-refractivity contribution in [3.05, 3.63) is 54.1 Å². The van der Waals surface area contributed by atoms with Gasteiger partial charge >= 0.3 is 0 Å². The first-order valence-electron chi connectivity index (χ1n) is 5.94. The fourth-order valence-electron chi connectivity index (χ4n) is 1.69. The number of aromatic nitrogens is 2. The summed E-state index contributed by atoms with van der Waals surface area (Å²) in [6.45, 7) is 4.00. The zero-order chi connectivity index (χ0) is 13.0. The highest BCUT2D eigenvalue weighted by Crippen LogP contribution is 2.21. The quantitative estimate of drug-likeness (QED) is 0.895. The van der Waals surface area contributed by atoms with Crippen LogP contribution in [0.25, 0.3) is 0 Å². The van der Waals surface area contributed by atoms with E-state index >= 15 is 0 Å². The van der Waals surface area contributed by atoms with Gasteiger partial charge in [-0.15, -0.1) is 0 Å². The molecule has 1 atom stereocenters. The lowest BCUT2D eigenvalue weighted by Gasteiger charge is -2.13. The molecule has 0 fully saturated rings. The second kappa shape index (κ2) is 5.60. The molecule has 1 heterocycles. The molecule has 0 aliphatic heterocycles. The van der Waals surface area contributed by atoms with Gasteiger partial charge in [0.1, 0.15) is 12.1 Å². The maximum Gasteiger partial charge on any atom is 0.119 e. The molecule has 2 rings (SSSR count). The lowest BCUT2D eigenvalue weighted by Crippen LogP contribution is -2.12. The normalized spacial score (nSPS) is 12.4. The Morgan fingerprint density at radius 3 is 2.17 bits per heavy atom. The molecule has 0 spiro atoms. The molecular formula is C14H17N3O. The number of benzene rings is 1. The third-order valence-corrected chi connectivity index (χ3v) is 2.55. The largest absolute Gasteiger partial charge is 0.491 e. The maximum absolute atomic E-state index is 6.15. The van der Waals surface area contributed by atoms with Crippen LogP contribution in [-0.4, -0.2) is 16.1 Å². The van der Waals surface area contributed by atoms with Gasteiger partial charge in [0.05, 0.1) is 12.1 Å². The maximum atomic E-state index is 6.15. The molecular weight excluding hydrogens is 226 g/mol. The average Bonchev–Trinajstić information content (AvgIpc) is 2.39. The van der Waals surface area contributed by atoms with Crippen molar-refractivity contribution >= 4 is 0 Å². The Morgan fingerprint density at radius 2 is 1.61 bits per heavy atom. The summed E-state index contributed by atoms with van der Waals surface area (Å²) in [5.41, 5.74) is 8.06. The van der Waals surface area contributed by atoms with Gasteiger partial charge in [-0.1, -0.05) is 12.1 Å². The van der Waals surface area contributed by atoms with Crippen molar-refractivity contribution in [3.8, 4) is 5.75 Å². The first-order valence-corrected chi connectivity index (χ1v) is 5.94. The van der Waals surface area contributed by atoms with E-state index in [2.05, 4.69) is 9.97 Å². The zero-order valence-electron chi connectivity index (χ0n) is 10.6. The Hall–Kier alpha value is -1.94. The Bertz CT molecular complexity index is 482. The second-order valence-electron chi connectivity index (χ2n) is 4.39. The SMILES string of the molecule is CC(C)Oc1ccc(C(N)c2cncnc2)cc1. The minimum Gasteiger partial charge on any atom is -0.491 e. The van der Waals surface area contributed by atoms with E-state index in [1.165, 1.54) is 6.33 Å². The Morgan fingerprint density at radius 1 is 1.00 bits per heavy atom. The van der Waals surface area contributed by atoms with Crippen LogP contribution in [0, 0.1) is 0 Å². The van der Waals surface area contributed by atoms with Crippen LogP contribution in [0.1, 0.15) is 31.0 Å². The lowest BCUT2D eigenvalue weighted by molar-refractivity contribution is 0.242. The Labute approximate surface area is 107 Å². The number of rotatable bonds is 4. The average molecular weight is 243 g/mol. The molecule has 2 aromatic rings. The van der Waals surface area contributed by atoms with E-state index in [0.29, 0.717) is 0 Å². The third kappa shape index (κ3) is 3.05. The van der Waals surface area contributed by atoms with Gasteiger partial charge in [0.2, 0.25) is 0 Å². The number of hydrogen-bond acceptors (Lipinski definition) is 4. The van der Waals surface area contributed by atoms with E-state index in [1.54, 1.807) is 12.4 Å². The van der Waals surface area contributed by atoms with Crippen molar-refractivity contribution in [1.82, 2.24) is 9.97 Å². The van der Waals surface area contributed by atoms with Gasteiger partial charge in [-0.2, -0.15) is 0 Å². The summed E-state index contributed by atoms with van der Waals surface area (Å²) in [7, 11) is 0. The molecule has 0 saturated carbocycles. The van der Waals surface area contributed by atoms with Gasteiger partial charge < -0.3 is 10.5 Å². The van der Waals surface area contributed by atoms with Crippen LogP contribution in [0.2, 0.25) is 0 Å². The van der Waals surface area contributed by atoms with E-state index in [0.717, 1.165) is 16.9 Å². The van der Waals surface area contributed by atoms with E-state index in [1.807, 2.05) is 38.1 Å². The lowest BCUT2D eigenvalue weighted by atomic mass is 10.0. The zero-order valence-corrected chi connectivity index (χ0v) is 10.6. The van der Waals surface area contributed by atoms with Crippen molar-refractivity contribution in [2.75, 3.05) is 0 Å². The van der Waals surface area contributed by atoms with Gasteiger partial charge in [0.25, 0.3) is 0 Å². The fourth-order valence-corrected chi connectivity index (χ4v) is 1.69. The van der Waals surface area contributed by atoms with Crippen molar-refractivity contribution in [3.63, 3.8) is 0 Å². The topological polar surface area (TPSA) is 61.0 Å². The van der Waals surface area contributed by atoms with E-state index in [4.69, 9.17) is 10.5 Å². The summed E-state index contributed by atoms with van der Waals surface area (Å²) < 4.78 is 5.59. The van der Waals surface area contributed by atoms with Crippen LogP contribution < -0.4 is 10.5 Å². The minimum atomic E-state index is -0.209. The van der Waals surface area contributed by atoms with Gasteiger partial charge in [-0.3, -0.25) is 0 Å². The highest BCUT2D eigenvalue weighted by Gasteiger charge is 2.09. The fraction of sp³-hybridized carbons (Fsp3) is 0.286. The summed E-state index contributed by atoms with van der Waals surface area (Å²) >= 11 is 0. The molecule has 2 N–H and O–H groups in total. The summed E-state index contributed by atoms with van der Waals surface area (Å²) in [6, 6.07) is 7.59. The molecule has 0 aliphatic rings. The van der Waals surface area contributed by atoms with E-state index < -0.39 is 0 Å². The number of ether oxygens (including phenoxy) is 1. The number of hydrogen-bond donors (Lipinski definition) is 1. The first kappa shape index (κ1) is 12.5. The van der Waals surface area contributed by atoms with Crippen LogP contribution >= 0.6 is 0 Å². The van der Waals surface area contributed by atoms with E-state index in [-0.39, 0.29) is 12.1 Å². The van der Waals surface area contributed by atoms with Crippen molar-refractivity contribution in [2.24, 2.45) is 5.73 Å². The summed E-state index contributed by atoms with van der Waals surface area (Å²) in [4.78, 5) is 7.94. The van der Waals surface area contributed by atoms with Crippen LogP contribution in [0.3, 0.4) is 0 Å². The van der Waals surface area contributed by atoms with E-state index in [9.17, 15) is 0 Å². The van der Waals surface area contributed by atoms with Gasteiger partial charge in [-0.05, 0) is 31.5 Å². The molecule has 0 amide bonds. The molecule has 94 valence electrons.